The van der Waals surface area contributed by atoms with Crippen molar-refractivity contribution in [2.24, 2.45) is 5.92 Å². The van der Waals surface area contributed by atoms with E-state index in [0.717, 1.165) is 29.0 Å². The first-order valence-corrected chi connectivity index (χ1v) is 9.83. The van der Waals surface area contributed by atoms with Crippen molar-refractivity contribution < 1.29 is 24.2 Å². The van der Waals surface area contributed by atoms with Gasteiger partial charge in [-0.2, -0.15) is 0 Å². The zero-order valence-electron chi connectivity index (χ0n) is 16.9. The van der Waals surface area contributed by atoms with Crippen LogP contribution in [0.5, 0.6) is 5.75 Å². The van der Waals surface area contributed by atoms with Crippen molar-refractivity contribution in [3.8, 4) is 16.9 Å². The number of carboxylic acids is 1. The molecule has 0 bridgehead atoms. The Morgan fingerprint density at radius 1 is 1.03 bits per heavy atom. The van der Waals surface area contributed by atoms with Gasteiger partial charge < -0.3 is 19.9 Å². The number of aromatic hydroxyl groups is 1. The molecule has 1 amide bonds. The zero-order chi connectivity index (χ0) is 22.4. The highest BCUT2D eigenvalue weighted by molar-refractivity contribution is 5.91. The summed E-state index contributed by atoms with van der Waals surface area (Å²) < 4.78 is 4.99. The molecule has 1 heterocycles. The monoisotopic (exact) mass is 421 g/mol. The van der Waals surface area contributed by atoms with Crippen LogP contribution in [0.3, 0.4) is 0 Å². The fraction of sp³-hybridized carbons (Fsp3) is 0.208. The van der Waals surface area contributed by atoms with Gasteiger partial charge in [-0.25, -0.2) is 0 Å². The fourth-order valence-corrected chi connectivity index (χ4v) is 3.25. The van der Waals surface area contributed by atoms with Crippen molar-refractivity contribution in [2.45, 2.75) is 25.8 Å². The summed E-state index contributed by atoms with van der Waals surface area (Å²) in [6, 6.07) is 18.1. The summed E-state index contributed by atoms with van der Waals surface area (Å²) in [6.07, 6.45) is 1.40. The smallest absolute Gasteiger partial charge is 0.306 e. The molecular formula is C24H23NO6. The Balaban J connectivity index is 1.76. The van der Waals surface area contributed by atoms with Gasteiger partial charge >= 0.3 is 5.97 Å². The van der Waals surface area contributed by atoms with Crippen molar-refractivity contribution in [2.75, 3.05) is 0 Å². The number of carbonyl (C=O) groups is 2. The van der Waals surface area contributed by atoms with Crippen LogP contribution in [0.4, 0.5) is 0 Å². The van der Waals surface area contributed by atoms with E-state index >= 15 is 0 Å². The highest BCUT2D eigenvalue weighted by Gasteiger charge is 2.22. The van der Waals surface area contributed by atoms with E-state index in [1.165, 1.54) is 0 Å². The predicted molar refractivity (Wildman–Crippen MR) is 115 cm³/mol. The SMILES string of the molecule is C[C@H](C[C@@H](Cc1ccc(-c2ccccc2)cc1)NC(=O)c1cc(=O)c(O)co1)C(=O)O. The molecule has 31 heavy (non-hydrogen) atoms. The number of aliphatic carboxylic acids is 1. The first-order valence-electron chi connectivity index (χ1n) is 9.83. The van der Waals surface area contributed by atoms with Crippen LogP contribution in [0, 0.1) is 5.92 Å². The lowest BCUT2D eigenvalue weighted by molar-refractivity contribution is -0.141. The van der Waals surface area contributed by atoms with Gasteiger partial charge in [-0.1, -0.05) is 61.5 Å². The van der Waals surface area contributed by atoms with E-state index in [-0.39, 0.29) is 12.2 Å². The Kier molecular flexibility index (Phi) is 6.87. The fourth-order valence-electron chi connectivity index (χ4n) is 3.25. The molecule has 0 saturated heterocycles. The van der Waals surface area contributed by atoms with Crippen LogP contribution in [0.1, 0.15) is 29.5 Å². The lowest BCUT2D eigenvalue weighted by atomic mass is 9.95. The molecule has 0 unspecified atom stereocenters. The second-order valence-corrected chi connectivity index (χ2v) is 7.41. The average Bonchev–Trinajstić information content (AvgIpc) is 2.76. The van der Waals surface area contributed by atoms with Crippen LogP contribution in [-0.2, 0) is 11.2 Å². The Bertz CT molecular complexity index is 1100. The number of benzene rings is 2. The van der Waals surface area contributed by atoms with Crippen molar-refractivity contribution in [1.29, 1.82) is 0 Å². The summed E-state index contributed by atoms with van der Waals surface area (Å²) in [7, 11) is 0. The number of nitrogens with one attached hydrogen (secondary N) is 1. The van der Waals surface area contributed by atoms with E-state index in [9.17, 15) is 24.6 Å². The molecule has 0 aliphatic heterocycles. The summed E-state index contributed by atoms with van der Waals surface area (Å²) >= 11 is 0. The van der Waals surface area contributed by atoms with Crippen LogP contribution >= 0.6 is 0 Å². The first-order chi connectivity index (χ1) is 14.8. The molecule has 3 aromatic rings. The average molecular weight is 421 g/mol. The lowest BCUT2D eigenvalue weighted by Crippen LogP contribution is -2.38. The Morgan fingerprint density at radius 3 is 2.29 bits per heavy atom. The molecule has 0 saturated carbocycles. The molecular weight excluding hydrogens is 398 g/mol. The van der Waals surface area contributed by atoms with E-state index in [0.29, 0.717) is 6.42 Å². The highest BCUT2D eigenvalue weighted by atomic mass is 16.4. The van der Waals surface area contributed by atoms with Crippen molar-refractivity contribution in [1.82, 2.24) is 5.32 Å². The quantitative estimate of drug-likeness (QED) is 0.513. The van der Waals surface area contributed by atoms with E-state index in [1.54, 1.807) is 6.92 Å². The van der Waals surface area contributed by atoms with E-state index in [4.69, 9.17) is 4.42 Å². The van der Waals surface area contributed by atoms with E-state index in [2.05, 4.69) is 5.32 Å². The minimum Gasteiger partial charge on any atom is -0.502 e. The van der Waals surface area contributed by atoms with Crippen LogP contribution in [-0.4, -0.2) is 28.1 Å². The molecule has 3 rings (SSSR count). The van der Waals surface area contributed by atoms with Gasteiger partial charge in [0.15, 0.2) is 11.5 Å². The Hall–Kier alpha value is -3.87. The van der Waals surface area contributed by atoms with Gasteiger partial charge in [0.1, 0.15) is 6.26 Å². The molecule has 160 valence electrons. The normalized spacial score (nSPS) is 12.7. The number of hydrogen-bond acceptors (Lipinski definition) is 5. The van der Waals surface area contributed by atoms with Gasteiger partial charge in [-0.05, 0) is 29.5 Å². The molecule has 0 fully saturated rings. The molecule has 0 aliphatic rings. The van der Waals surface area contributed by atoms with Crippen LogP contribution in [0.15, 0.2) is 76.1 Å². The molecule has 0 spiro atoms. The third-order valence-electron chi connectivity index (χ3n) is 4.97. The van der Waals surface area contributed by atoms with Gasteiger partial charge in [0.2, 0.25) is 5.43 Å². The summed E-state index contributed by atoms with van der Waals surface area (Å²) in [4.78, 5) is 35.4. The minimum atomic E-state index is -0.963. The number of carboxylic acid groups (broad SMARTS) is 1. The molecule has 7 heteroatoms. The molecule has 2 atom stereocenters. The second kappa shape index (κ2) is 9.75. The lowest BCUT2D eigenvalue weighted by Gasteiger charge is -2.21. The predicted octanol–water partition coefficient (Wildman–Crippen LogP) is 3.46. The standard InChI is InChI=1S/C24H23NO6/c1-15(24(29)30)11-19(25-23(28)22-13-20(26)21(27)14-31-22)12-16-7-9-18(10-8-16)17-5-3-2-4-6-17/h2-10,13-15,19,27H,11-12H2,1H3,(H,25,28)(H,29,30)/t15-,19+/m1/s1. The number of amides is 1. The van der Waals surface area contributed by atoms with Crippen LogP contribution in [0.2, 0.25) is 0 Å². The minimum absolute atomic E-state index is 0.198. The van der Waals surface area contributed by atoms with Gasteiger partial charge in [0.25, 0.3) is 5.91 Å². The van der Waals surface area contributed by atoms with Gasteiger partial charge in [-0.3, -0.25) is 14.4 Å². The number of hydrogen-bond donors (Lipinski definition) is 3. The second-order valence-electron chi connectivity index (χ2n) is 7.41. The molecule has 2 aromatic carbocycles. The highest BCUT2D eigenvalue weighted by Crippen LogP contribution is 2.21. The molecule has 1 aromatic heterocycles. The molecule has 7 nitrogen and oxygen atoms in total. The van der Waals surface area contributed by atoms with Gasteiger partial charge in [0, 0.05) is 12.1 Å². The number of carbonyl (C=O) groups excluding carboxylic acids is 1. The largest absolute Gasteiger partial charge is 0.502 e. The molecule has 0 aliphatic carbocycles. The van der Waals surface area contributed by atoms with Crippen molar-refractivity contribution in [3.05, 3.63) is 88.5 Å². The van der Waals surface area contributed by atoms with Crippen LogP contribution < -0.4 is 10.7 Å². The van der Waals surface area contributed by atoms with E-state index < -0.39 is 35.0 Å². The van der Waals surface area contributed by atoms with Crippen LogP contribution in [0.25, 0.3) is 11.1 Å². The maximum Gasteiger partial charge on any atom is 0.306 e. The number of rotatable bonds is 8. The summed E-state index contributed by atoms with van der Waals surface area (Å²) in [6.45, 7) is 1.57. The molecule has 3 N–H and O–H groups in total. The topological polar surface area (TPSA) is 117 Å². The summed E-state index contributed by atoms with van der Waals surface area (Å²) in [5.41, 5.74) is 2.33. The van der Waals surface area contributed by atoms with E-state index in [1.807, 2.05) is 54.6 Å². The third kappa shape index (κ3) is 5.82. The maximum absolute atomic E-state index is 12.5. The maximum atomic E-state index is 12.5. The zero-order valence-corrected chi connectivity index (χ0v) is 16.9. The van der Waals surface area contributed by atoms with Gasteiger partial charge in [0.05, 0.1) is 5.92 Å². The first kappa shape index (κ1) is 21.8. The summed E-state index contributed by atoms with van der Waals surface area (Å²) in [5.74, 6) is -3.14. The third-order valence-corrected chi connectivity index (χ3v) is 4.97. The molecule has 0 radical (unpaired) electrons. The Labute approximate surface area is 179 Å². The van der Waals surface area contributed by atoms with Crippen molar-refractivity contribution in [3.63, 3.8) is 0 Å². The van der Waals surface area contributed by atoms with Gasteiger partial charge in [-0.15, -0.1) is 0 Å². The Morgan fingerprint density at radius 2 is 1.68 bits per heavy atom. The summed E-state index contributed by atoms with van der Waals surface area (Å²) in [5, 5.41) is 21.3. The van der Waals surface area contributed by atoms with Crippen molar-refractivity contribution >= 4 is 11.9 Å².